The molecular formula is C12H17FN2O3. The molecule has 1 N–H and O–H groups in total. The van der Waals surface area contributed by atoms with Crippen LogP contribution in [0, 0.1) is 16.7 Å². The summed E-state index contributed by atoms with van der Waals surface area (Å²) in [6.07, 6.45) is 0.237. The molecule has 6 heteroatoms. The molecule has 18 heavy (non-hydrogen) atoms. The van der Waals surface area contributed by atoms with Crippen molar-refractivity contribution in [2.75, 3.05) is 13.7 Å². The van der Waals surface area contributed by atoms with E-state index in [2.05, 4.69) is 5.32 Å². The van der Waals surface area contributed by atoms with Crippen molar-refractivity contribution < 1.29 is 18.7 Å². The van der Waals surface area contributed by atoms with Gasteiger partial charge in [-0.2, -0.15) is 5.26 Å². The Morgan fingerprint density at radius 2 is 2.33 bits per heavy atom. The molecule has 0 bridgehead atoms. The molecule has 0 aromatic rings. The van der Waals surface area contributed by atoms with Crippen LogP contribution in [0.25, 0.3) is 0 Å². The number of ether oxygens (including phenoxy) is 2. The van der Waals surface area contributed by atoms with E-state index in [1.807, 2.05) is 6.07 Å². The number of nitriles is 1. The van der Waals surface area contributed by atoms with Gasteiger partial charge in [-0.05, 0) is 20.8 Å². The normalized spacial score (nSPS) is 27.7. The minimum atomic E-state index is -1.27. The second-order valence-electron chi connectivity index (χ2n) is 4.71. The Labute approximate surface area is 106 Å². The number of hydrogen-bond donors (Lipinski definition) is 1. The lowest BCUT2D eigenvalue weighted by Crippen LogP contribution is -2.49. The van der Waals surface area contributed by atoms with Gasteiger partial charge >= 0.3 is 0 Å². The summed E-state index contributed by atoms with van der Waals surface area (Å²) in [5.74, 6) is -0.439. The summed E-state index contributed by atoms with van der Waals surface area (Å²) in [4.78, 5) is 11.8. The van der Waals surface area contributed by atoms with Crippen LogP contribution in [-0.4, -0.2) is 31.3 Å². The van der Waals surface area contributed by atoms with Crippen LogP contribution in [0.4, 0.5) is 4.39 Å². The van der Waals surface area contributed by atoms with Gasteiger partial charge in [0.1, 0.15) is 17.5 Å². The van der Waals surface area contributed by atoms with Crippen LogP contribution >= 0.6 is 0 Å². The highest BCUT2D eigenvalue weighted by molar-refractivity contribution is 5.87. The molecule has 5 nitrogen and oxygen atoms in total. The summed E-state index contributed by atoms with van der Waals surface area (Å²) in [5.41, 5.74) is -2.10. The molecule has 0 saturated carbocycles. The van der Waals surface area contributed by atoms with Gasteiger partial charge < -0.3 is 14.8 Å². The Balaban J connectivity index is 2.83. The maximum absolute atomic E-state index is 12.7. The summed E-state index contributed by atoms with van der Waals surface area (Å²) in [5, 5.41) is 11.8. The fraction of sp³-hybridized carbons (Fsp3) is 0.667. The summed E-state index contributed by atoms with van der Waals surface area (Å²) in [6, 6.07) is 1.36. The van der Waals surface area contributed by atoms with Crippen LogP contribution in [0.1, 0.15) is 20.8 Å². The topological polar surface area (TPSA) is 74.6 Å². The maximum Gasteiger partial charge on any atom is 0.254 e. The number of carbonyl (C=O) groups excluding carboxylic acids is 1. The fourth-order valence-electron chi connectivity index (χ4n) is 1.47. The molecule has 1 saturated heterocycles. The predicted molar refractivity (Wildman–Crippen MR) is 61.9 cm³/mol. The van der Waals surface area contributed by atoms with Crippen LogP contribution < -0.4 is 5.32 Å². The van der Waals surface area contributed by atoms with Crippen LogP contribution in [0.2, 0.25) is 0 Å². The zero-order chi connectivity index (χ0) is 14.0. The minimum Gasteiger partial charge on any atom is -0.497 e. The average molecular weight is 256 g/mol. The van der Waals surface area contributed by atoms with Gasteiger partial charge in [-0.3, -0.25) is 4.79 Å². The van der Waals surface area contributed by atoms with Gasteiger partial charge in [0.05, 0.1) is 25.8 Å². The Kier molecular flexibility index (Phi) is 3.97. The second kappa shape index (κ2) is 4.94. The molecule has 1 fully saturated rings. The Morgan fingerprint density at radius 3 is 2.67 bits per heavy atom. The van der Waals surface area contributed by atoms with Crippen LogP contribution in [0.3, 0.4) is 0 Å². The number of hydrogen-bond acceptors (Lipinski definition) is 4. The van der Waals surface area contributed by atoms with Crippen LogP contribution in [0.5, 0.6) is 0 Å². The smallest absolute Gasteiger partial charge is 0.254 e. The number of epoxide rings is 1. The molecule has 3 atom stereocenters. The van der Waals surface area contributed by atoms with E-state index in [0.717, 1.165) is 0 Å². The molecule has 1 amide bonds. The summed E-state index contributed by atoms with van der Waals surface area (Å²) >= 11 is 0. The number of halogens is 1. The van der Waals surface area contributed by atoms with Crippen LogP contribution in [0.15, 0.2) is 12.1 Å². The number of nitrogens with one attached hydrogen (secondary N) is 1. The fourth-order valence-corrected chi connectivity index (χ4v) is 1.47. The zero-order valence-electron chi connectivity index (χ0n) is 10.9. The van der Waals surface area contributed by atoms with Gasteiger partial charge in [-0.1, -0.05) is 0 Å². The standard InChI is InChI=1S/C12H17FN2O3/c1-8(15-10(16)12(3)7-18-12)11(2,6-14)9(5-13)17-4/h5,8H,7H2,1-4H3,(H,15,16)/b9-5-/t8-,11?,12-/m0/s1. The average Bonchev–Trinajstić information content (AvgIpc) is 3.09. The first-order valence-corrected chi connectivity index (χ1v) is 5.55. The third-order valence-electron chi connectivity index (χ3n) is 3.33. The van der Waals surface area contributed by atoms with Gasteiger partial charge in [0.15, 0.2) is 5.60 Å². The Hall–Kier alpha value is -1.61. The molecule has 1 heterocycles. The highest BCUT2D eigenvalue weighted by Gasteiger charge is 2.49. The van der Waals surface area contributed by atoms with E-state index in [9.17, 15) is 14.4 Å². The SMILES string of the molecule is CO/C(=C\F)C(C)(C#N)[C@H](C)NC(=O)[C@]1(C)CO1. The lowest BCUT2D eigenvalue weighted by molar-refractivity contribution is -0.126. The highest BCUT2D eigenvalue weighted by Crippen LogP contribution is 2.32. The first kappa shape index (κ1) is 14.5. The number of methoxy groups -OCH3 is 1. The monoisotopic (exact) mass is 256 g/mol. The predicted octanol–water partition coefficient (Wildman–Crippen LogP) is 1.27. The first-order valence-electron chi connectivity index (χ1n) is 5.55. The summed E-state index contributed by atoms with van der Waals surface area (Å²) in [7, 11) is 1.28. The van der Waals surface area contributed by atoms with Crippen molar-refractivity contribution in [3.05, 3.63) is 12.1 Å². The number of carbonyl (C=O) groups is 1. The lowest BCUT2D eigenvalue weighted by Gasteiger charge is -2.30. The van der Waals surface area contributed by atoms with E-state index < -0.39 is 17.1 Å². The van der Waals surface area contributed by atoms with Gasteiger partial charge in [0, 0.05) is 0 Å². The molecule has 1 rings (SSSR count). The zero-order valence-corrected chi connectivity index (χ0v) is 10.9. The largest absolute Gasteiger partial charge is 0.497 e. The van der Waals surface area contributed by atoms with Crippen molar-refractivity contribution in [1.29, 1.82) is 5.26 Å². The summed E-state index contributed by atoms with van der Waals surface area (Å²) < 4.78 is 22.6. The van der Waals surface area contributed by atoms with Crippen LogP contribution in [-0.2, 0) is 14.3 Å². The molecular weight excluding hydrogens is 239 g/mol. The third-order valence-corrected chi connectivity index (χ3v) is 3.33. The molecule has 0 spiro atoms. The molecule has 1 aliphatic rings. The van der Waals surface area contributed by atoms with Crippen molar-refractivity contribution in [1.82, 2.24) is 5.32 Å². The lowest BCUT2D eigenvalue weighted by atomic mass is 9.82. The number of amides is 1. The molecule has 0 radical (unpaired) electrons. The van der Waals surface area contributed by atoms with Crippen molar-refractivity contribution in [2.45, 2.75) is 32.4 Å². The molecule has 0 aromatic heterocycles. The van der Waals surface area contributed by atoms with E-state index in [0.29, 0.717) is 6.61 Å². The minimum absolute atomic E-state index is 0.125. The molecule has 1 unspecified atom stereocenters. The van der Waals surface area contributed by atoms with E-state index in [1.54, 1.807) is 13.8 Å². The second-order valence-corrected chi connectivity index (χ2v) is 4.71. The van der Waals surface area contributed by atoms with Gasteiger partial charge in [-0.25, -0.2) is 4.39 Å². The van der Waals surface area contributed by atoms with Crippen molar-refractivity contribution in [3.63, 3.8) is 0 Å². The van der Waals surface area contributed by atoms with E-state index in [1.165, 1.54) is 14.0 Å². The maximum atomic E-state index is 12.7. The van der Waals surface area contributed by atoms with E-state index in [4.69, 9.17) is 9.47 Å². The van der Waals surface area contributed by atoms with Crippen molar-refractivity contribution in [3.8, 4) is 6.07 Å². The molecule has 1 aliphatic heterocycles. The Bertz CT molecular complexity index is 412. The van der Waals surface area contributed by atoms with Crippen molar-refractivity contribution in [2.24, 2.45) is 5.41 Å². The van der Waals surface area contributed by atoms with Gasteiger partial charge in [-0.15, -0.1) is 0 Å². The van der Waals surface area contributed by atoms with Gasteiger partial charge in [0.25, 0.3) is 5.91 Å². The Morgan fingerprint density at radius 1 is 1.78 bits per heavy atom. The number of nitrogens with zero attached hydrogens (tertiary/aromatic N) is 1. The molecule has 0 aromatic carbocycles. The highest BCUT2D eigenvalue weighted by atomic mass is 19.1. The molecule has 100 valence electrons. The number of rotatable bonds is 5. The molecule has 0 aliphatic carbocycles. The summed E-state index contributed by atoms with van der Waals surface area (Å²) in [6.45, 7) is 5.13. The van der Waals surface area contributed by atoms with Crippen molar-refractivity contribution >= 4 is 5.91 Å². The first-order chi connectivity index (χ1) is 8.34. The van der Waals surface area contributed by atoms with E-state index >= 15 is 0 Å². The van der Waals surface area contributed by atoms with Gasteiger partial charge in [0.2, 0.25) is 0 Å². The quantitative estimate of drug-likeness (QED) is 0.593. The van der Waals surface area contributed by atoms with E-state index in [-0.39, 0.29) is 18.0 Å². The third kappa shape index (κ3) is 2.46.